The average Bonchev–Trinajstić information content (AvgIpc) is 1.65. The first-order chi connectivity index (χ1) is 44.7. The summed E-state index contributed by atoms with van der Waals surface area (Å²) in [7, 11) is 1.83. The Balaban J connectivity index is 0.000000114. The Morgan fingerprint density at radius 3 is 1.16 bits per heavy atom. The van der Waals surface area contributed by atoms with Crippen LogP contribution in [-0.4, -0.2) is 87.7 Å². The average molecular weight is 1290 g/mol. The number of methoxy groups -OCH3 is 1. The smallest absolute Gasteiger partial charge is 0.163 e. The van der Waals surface area contributed by atoms with Crippen LogP contribution in [0.3, 0.4) is 0 Å². The van der Waals surface area contributed by atoms with Gasteiger partial charge >= 0.3 is 0 Å². The molecule has 11 nitrogen and oxygen atoms in total. The molecule has 95 heavy (non-hydrogen) atoms. The van der Waals surface area contributed by atoms with Gasteiger partial charge in [-0.3, -0.25) is 0 Å². The number of aliphatic hydroxyl groups excluding tert-OH is 3. The molecule has 16 rings (SSSR count). The molecule has 0 spiro atoms. The highest BCUT2D eigenvalue weighted by Crippen LogP contribution is 2.45. The molecule has 0 amide bonds. The SMILES string of the molecule is CC(C)(C)c1c2n(c3ccccc13)CC(O)CC2.CC(C)(C)c1c2n(c3ccccc13)CCCC2.CC(C)(C)c1c2n(c3ccccc13)C[C@H](O)C(O)C2.CC1(C)OC2Cc3c(C(C)(C)C)c4ccccc4n3C[C@@H]2O1.COC1CCc2c(C(C)(C)C)c3ccccc3n2C1. The maximum absolute atomic E-state index is 9.98. The lowest BCUT2D eigenvalue weighted by atomic mass is 9.83. The van der Waals surface area contributed by atoms with Crippen LogP contribution in [0.5, 0.6) is 0 Å². The molecule has 0 aliphatic carbocycles. The third-order valence-corrected chi connectivity index (χ3v) is 21.0. The first kappa shape index (κ1) is 68.5. The predicted molar refractivity (Wildman–Crippen MR) is 393 cm³/mol. The highest BCUT2D eigenvalue weighted by Gasteiger charge is 2.46. The van der Waals surface area contributed by atoms with Crippen LogP contribution in [0.15, 0.2) is 121 Å². The number of nitrogens with zero attached hydrogens (tertiary/aromatic N) is 5. The largest absolute Gasteiger partial charge is 0.391 e. The summed E-state index contributed by atoms with van der Waals surface area (Å²) < 4.78 is 29.8. The van der Waals surface area contributed by atoms with Gasteiger partial charge in [0.1, 0.15) is 6.10 Å². The van der Waals surface area contributed by atoms with Crippen molar-refractivity contribution in [3.8, 4) is 0 Å². The number of aryl methyl sites for hydroxylation is 1. The molecule has 6 aliphatic rings. The zero-order valence-electron chi connectivity index (χ0n) is 60.7. The van der Waals surface area contributed by atoms with E-state index in [4.69, 9.17) is 14.2 Å². The third-order valence-electron chi connectivity index (χ3n) is 21.0. The molecule has 0 saturated carbocycles. The molecule has 1 fully saturated rings. The molecular formula is C84H111N5O6. The molecule has 508 valence electrons. The lowest BCUT2D eigenvalue weighted by Crippen LogP contribution is -2.38. The number of aromatic nitrogens is 5. The van der Waals surface area contributed by atoms with E-state index in [1.807, 2.05) is 27.0 Å². The Kier molecular flexibility index (Phi) is 18.6. The molecular weight excluding hydrogens is 1170 g/mol. The molecule has 10 aromatic rings. The topological polar surface area (TPSA) is 113 Å². The Morgan fingerprint density at radius 2 is 0.726 bits per heavy atom. The molecule has 5 aromatic heterocycles. The number of para-hydroxylation sites is 5. The molecule has 1 saturated heterocycles. The minimum absolute atomic E-state index is 0.0300. The van der Waals surface area contributed by atoms with Crippen molar-refractivity contribution in [2.24, 2.45) is 0 Å². The Bertz CT molecular complexity index is 4410. The fraction of sp³-hybridized carbons (Fsp3) is 0.524. The lowest BCUT2D eigenvalue weighted by Gasteiger charge is -2.29. The lowest BCUT2D eigenvalue weighted by molar-refractivity contribution is -0.145. The fourth-order valence-corrected chi connectivity index (χ4v) is 17.5. The summed E-state index contributed by atoms with van der Waals surface area (Å²) in [5.41, 5.74) is 21.8. The Morgan fingerprint density at radius 1 is 0.379 bits per heavy atom. The molecule has 11 heteroatoms. The van der Waals surface area contributed by atoms with Crippen molar-refractivity contribution in [3.05, 3.63) is 178 Å². The molecule has 4 unspecified atom stereocenters. The van der Waals surface area contributed by atoms with Gasteiger partial charge in [-0.15, -0.1) is 0 Å². The molecule has 6 aliphatic heterocycles. The Labute approximate surface area is 566 Å². The predicted octanol–water partition coefficient (Wildman–Crippen LogP) is 17.7. The summed E-state index contributed by atoms with van der Waals surface area (Å²) in [5.74, 6) is -0.461. The van der Waals surface area contributed by atoms with Gasteiger partial charge in [-0.2, -0.15) is 0 Å². The van der Waals surface area contributed by atoms with Crippen molar-refractivity contribution < 1.29 is 29.5 Å². The number of hydrogen-bond donors (Lipinski definition) is 3. The van der Waals surface area contributed by atoms with Crippen LogP contribution in [0, 0.1) is 0 Å². The monoisotopic (exact) mass is 1290 g/mol. The minimum atomic E-state index is -0.670. The maximum Gasteiger partial charge on any atom is 0.163 e. The first-order valence-corrected chi connectivity index (χ1v) is 35.7. The highest BCUT2D eigenvalue weighted by molar-refractivity contribution is 5.90. The van der Waals surface area contributed by atoms with E-state index < -0.39 is 18.0 Å². The highest BCUT2D eigenvalue weighted by atomic mass is 16.8. The zero-order valence-corrected chi connectivity index (χ0v) is 60.7. The van der Waals surface area contributed by atoms with Gasteiger partial charge in [0.05, 0.1) is 43.6 Å². The van der Waals surface area contributed by atoms with Crippen LogP contribution in [0.2, 0.25) is 0 Å². The van der Waals surface area contributed by atoms with E-state index in [1.54, 1.807) is 11.3 Å². The van der Waals surface area contributed by atoms with Gasteiger partial charge in [0, 0.05) is 123 Å². The summed E-state index contributed by atoms with van der Waals surface area (Å²) in [6.07, 6.45) is 8.70. The van der Waals surface area contributed by atoms with Crippen molar-refractivity contribution >= 4 is 54.5 Å². The van der Waals surface area contributed by atoms with E-state index in [0.29, 0.717) is 19.1 Å². The number of benzene rings is 5. The van der Waals surface area contributed by atoms with Crippen LogP contribution in [-0.2, 0) is 106 Å². The second kappa shape index (κ2) is 25.8. The van der Waals surface area contributed by atoms with Crippen LogP contribution in [0.1, 0.15) is 200 Å². The van der Waals surface area contributed by atoms with Gasteiger partial charge in [0.25, 0.3) is 0 Å². The van der Waals surface area contributed by atoms with E-state index in [2.05, 4.69) is 242 Å². The standard InChI is InChI=1S/C19H25NO2.C17H23NO.C16H21NO2.C16H21NO.C16H21N/c1-18(2,3)17-12-8-6-7-9-13(12)20-11-16-15(10-14(17)20)21-19(4,5)22-16;1-17(2,3)16-13-7-5-6-8-14(13)18-11-12(19-4)9-10-15(16)18;1-16(2,3)15-10-6-4-5-7-11(10)17-9-14(19)13(18)8-12(15)17;1-16(2,3)15-12-6-4-5-7-13(12)17-10-11(18)8-9-14(15)17;1-16(2,3)15-12-8-4-5-9-13(12)17-11-7-6-10-14(15)17/h6-9,15-16H,10-11H2,1-5H3;5-8,12H,9-11H2,1-4H3;4-7,13-14,18-19H,8-9H2,1-3H3;4-7,11,18H,8-10H2,1-3H3;4-5,8-9H,6-7,10-11H2,1-3H3/t15?,16-;;13?,14-;;/m0.0../s1. The van der Waals surface area contributed by atoms with Crippen molar-refractivity contribution in [1.29, 1.82) is 0 Å². The molecule has 0 radical (unpaired) electrons. The minimum Gasteiger partial charge on any atom is -0.391 e. The van der Waals surface area contributed by atoms with Crippen molar-refractivity contribution in [2.75, 3.05) is 7.11 Å². The number of rotatable bonds is 1. The van der Waals surface area contributed by atoms with Gasteiger partial charge in [-0.05, 0) is 144 Å². The summed E-state index contributed by atoms with van der Waals surface area (Å²) in [5, 5.41) is 36.7. The summed E-state index contributed by atoms with van der Waals surface area (Å²) in [6.45, 7) is 42.6. The van der Waals surface area contributed by atoms with Gasteiger partial charge in [0.2, 0.25) is 0 Å². The van der Waals surface area contributed by atoms with E-state index >= 15 is 0 Å². The molecule has 0 bridgehead atoms. The first-order valence-electron chi connectivity index (χ1n) is 35.7. The number of aliphatic hydroxyl groups is 3. The van der Waals surface area contributed by atoms with E-state index in [-0.39, 0.29) is 45.4 Å². The molecule has 5 aromatic carbocycles. The fourth-order valence-electron chi connectivity index (χ4n) is 17.5. The molecule has 3 N–H and O–H groups in total. The third kappa shape index (κ3) is 13.3. The van der Waals surface area contributed by atoms with Gasteiger partial charge in [-0.25, -0.2) is 0 Å². The van der Waals surface area contributed by atoms with Crippen molar-refractivity contribution in [2.45, 2.75) is 278 Å². The van der Waals surface area contributed by atoms with Crippen LogP contribution in [0.4, 0.5) is 0 Å². The maximum atomic E-state index is 9.98. The molecule has 11 heterocycles. The normalized spacial score (nSPS) is 21.6. The van der Waals surface area contributed by atoms with Gasteiger partial charge < -0.3 is 52.4 Å². The van der Waals surface area contributed by atoms with Crippen LogP contribution < -0.4 is 0 Å². The number of hydrogen-bond acceptors (Lipinski definition) is 6. The van der Waals surface area contributed by atoms with Gasteiger partial charge in [0.15, 0.2) is 5.79 Å². The van der Waals surface area contributed by atoms with Crippen molar-refractivity contribution in [1.82, 2.24) is 22.8 Å². The van der Waals surface area contributed by atoms with E-state index in [0.717, 1.165) is 57.3 Å². The quantitative estimate of drug-likeness (QED) is 0.151. The number of ether oxygens (including phenoxy) is 3. The second-order valence-corrected chi connectivity index (χ2v) is 33.8. The van der Waals surface area contributed by atoms with Crippen LogP contribution >= 0.6 is 0 Å². The zero-order chi connectivity index (χ0) is 68.1. The summed E-state index contributed by atoms with van der Waals surface area (Å²) in [4.78, 5) is 0. The van der Waals surface area contributed by atoms with Crippen LogP contribution in [0.25, 0.3) is 54.5 Å². The van der Waals surface area contributed by atoms with E-state index in [9.17, 15) is 15.3 Å². The number of fused-ring (bicyclic) bond motifs is 16. The molecule has 6 atom stereocenters. The summed E-state index contributed by atoms with van der Waals surface area (Å²) >= 11 is 0. The van der Waals surface area contributed by atoms with Gasteiger partial charge in [-0.1, -0.05) is 195 Å². The Hall–Kier alpha value is -6.44. The van der Waals surface area contributed by atoms with Crippen molar-refractivity contribution in [3.63, 3.8) is 0 Å². The van der Waals surface area contributed by atoms with E-state index in [1.165, 1.54) is 120 Å². The second-order valence-electron chi connectivity index (χ2n) is 33.8. The summed E-state index contributed by atoms with van der Waals surface area (Å²) in [6, 6.07) is 43.4.